The van der Waals surface area contributed by atoms with Crippen molar-refractivity contribution < 1.29 is 34.7 Å². The molecule has 0 bridgehead atoms. The van der Waals surface area contributed by atoms with E-state index in [1.807, 2.05) is 182 Å². The van der Waals surface area contributed by atoms with Crippen molar-refractivity contribution in [3.05, 3.63) is 215 Å². The van der Waals surface area contributed by atoms with E-state index in [1.165, 1.54) is 0 Å². The Hall–Kier alpha value is -4.94. The van der Waals surface area contributed by atoms with E-state index in [0.717, 1.165) is 45.9 Å². The van der Waals surface area contributed by atoms with E-state index < -0.39 is 43.6 Å². The van der Waals surface area contributed by atoms with Gasteiger partial charge >= 0.3 is 0 Å². The van der Waals surface area contributed by atoms with E-state index >= 15 is 0 Å². The molecule has 0 aliphatic heterocycles. The first-order valence-electron chi connectivity index (χ1n) is 18.4. The van der Waals surface area contributed by atoms with Crippen molar-refractivity contribution in [1.82, 2.24) is 0 Å². The Balaban J connectivity index is 1.34. The van der Waals surface area contributed by atoms with Crippen molar-refractivity contribution >= 4 is 20.2 Å². The van der Waals surface area contributed by atoms with Crippen LogP contribution in [-0.4, -0.2) is 54.8 Å². The molecule has 0 saturated heterocycles. The van der Waals surface area contributed by atoms with Gasteiger partial charge in [0.15, 0.2) is 0 Å². The minimum atomic E-state index is -3.98. The summed E-state index contributed by atoms with van der Waals surface area (Å²) in [5.41, 5.74) is 2.72. The zero-order valence-electron chi connectivity index (χ0n) is 31.4. The second kappa shape index (κ2) is 18.3. The molecule has 8 nitrogen and oxygen atoms in total. The number of hydrogen-bond acceptors (Lipinski definition) is 8. The number of ether oxygens (including phenoxy) is 2. The summed E-state index contributed by atoms with van der Waals surface area (Å²) in [5.74, 6) is 0. The van der Waals surface area contributed by atoms with Gasteiger partial charge in [-0.3, -0.25) is 8.37 Å². The van der Waals surface area contributed by atoms with E-state index in [0.29, 0.717) is 0 Å². The summed E-state index contributed by atoms with van der Waals surface area (Å²) in [6.45, 7) is -0.333. The first-order chi connectivity index (χ1) is 27.0. The molecule has 10 heteroatoms. The summed E-state index contributed by atoms with van der Waals surface area (Å²) in [4.78, 5) is 0. The molecule has 0 amide bonds. The fourth-order valence-corrected chi connectivity index (χ4v) is 8.45. The van der Waals surface area contributed by atoms with Gasteiger partial charge < -0.3 is 9.47 Å². The average Bonchev–Trinajstić information content (AvgIpc) is 3.21. The Morgan fingerprint density at radius 2 is 0.571 bits per heavy atom. The maximum Gasteiger partial charge on any atom is 0.264 e. The predicted molar refractivity (Wildman–Crippen MR) is 219 cm³/mol. The topological polar surface area (TPSA) is 105 Å². The Bertz CT molecular complexity index is 1950. The van der Waals surface area contributed by atoms with Gasteiger partial charge in [0.25, 0.3) is 20.2 Å². The molecule has 0 heterocycles. The molecule has 2 atom stereocenters. The summed E-state index contributed by atoms with van der Waals surface area (Å²) in [7, 11) is -7.96. The highest BCUT2D eigenvalue weighted by molar-refractivity contribution is 7.86. The second-order valence-corrected chi connectivity index (χ2v) is 16.8. The van der Waals surface area contributed by atoms with Gasteiger partial charge in [-0.15, -0.1) is 0 Å². The van der Waals surface area contributed by atoms with Crippen molar-refractivity contribution in [3.63, 3.8) is 0 Å². The molecule has 0 unspecified atom stereocenters. The van der Waals surface area contributed by atoms with Crippen LogP contribution in [-0.2, 0) is 49.3 Å². The smallest absolute Gasteiger partial charge is 0.264 e. The molecule has 0 aliphatic carbocycles. The molecule has 0 radical (unpaired) electrons. The van der Waals surface area contributed by atoms with Crippen LogP contribution in [0.2, 0.25) is 0 Å². The third kappa shape index (κ3) is 10.1. The quantitative estimate of drug-likeness (QED) is 0.0595. The zero-order chi connectivity index (χ0) is 39.5. The van der Waals surface area contributed by atoms with Crippen LogP contribution in [0.4, 0.5) is 0 Å². The minimum Gasteiger partial charge on any atom is -0.358 e. The molecule has 56 heavy (non-hydrogen) atoms. The van der Waals surface area contributed by atoms with Crippen LogP contribution in [0.15, 0.2) is 182 Å². The largest absolute Gasteiger partial charge is 0.358 e. The normalized spacial score (nSPS) is 13.5. The first-order valence-corrected chi connectivity index (χ1v) is 22.0. The lowest BCUT2D eigenvalue weighted by molar-refractivity contribution is -0.0456. The number of benzene rings is 6. The Kier molecular flexibility index (Phi) is 13.3. The third-order valence-electron chi connectivity index (χ3n) is 9.49. The van der Waals surface area contributed by atoms with Gasteiger partial charge in [0, 0.05) is 0 Å². The van der Waals surface area contributed by atoms with Crippen LogP contribution in [0.25, 0.3) is 0 Å². The highest BCUT2D eigenvalue weighted by Crippen LogP contribution is 2.42. The fourth-order valence-electron chi connectivity index (χ4n) is 7.16. The molecule has 6 aromatic carbocycles. The SMILES string of the molecule is CS(=O)(=O)O[C@@H](CC[C@@H](COC(c1ccccc1)(c1ccccc1)c1ccccc1)OS(C)(=O)=O)COC(c1ccccc1)(c1ccccc1)c1ccccc1. The second-order valence-electron chi connectivity index (χ2n) is 13.6. The van der Waals surface area contributed by atoms with Crippen molar-refractivity contribution in [2.75, 3.05) is 25.7 Å². The fraction of sp³-hybridized carbons (Fsp3) is 0.217. The lowest BCUT2D eigenvalue weighted by atomic mass is 9.80. The summed E-state index contributed by atoms with van der Waals surface area (Å²) < 4.78 is 76.2. The Morgan fingerprint density at radius 3 is 0.750 bits per heavy atom. The molecule has 0 N–H and O–H groups in total. The summed E-state index contributed by atoms with van der Waals surface area (Å²) >= 11 is 0. The molecule has 0 saturated carbocycles. The highest BCUT2D eigenvalue weighted by atomic mass is 32.2. The maximum absolute atomic E-state index is 12.7. The monoisotopic (exact) mass is 790 g/mol. The molecule has 0 spiro atoms. The maximum atomic E-state index is 12.7. The van der Waals surface area contributed by atoms with Gasteiger partial charge in [-0.2, -0.15) is 16.8 Å². The van der Waals surface area contributed by atoms with E-state index in [-0.39, 0.29) is 26.1 Å². The minimum absolute atomic E-state index is 0.0556. The number of rotatable bonds is 19. The Morgan fingerprint density at radius 1 is 0.375 bits per heavy atom. The summed E-state index contributed by atoms with van der Waals surface area (Å²) in [6, 6.07) is 58.3. The van der Waals surface area contributed by atoms with Crippen LogP contribution in [0.5, 0.6) is 0 Å². The zero-order valence-corrected chi connectivity index (χ0v) is 33.0. The van der Waals surface area contributed by atoms with Crippen molar-refractivity contribution in [1.29, 1.82) is 0 Å². The molecule has 290 valence electrons. The van der Waals surface area contributed by atoms with Gasteiger partial charge in [-0.05, 0) is 46.2 Å². The molecular formula is C46H46O8S2. The molecule has 6 aromatic rings. The van der Waals surface area contributed by atoms with Gasteiger partial charge in [-0.25, -0.2) is 0 Å². The van der Waals surface area contributed by atoms with Crippen LogP contribution in [0.1, 0.15) is 46.2 Å². The summed E-state index contributed by atoms with van der Waals surface area (Å²) in [6.07, 6.45) is 0.0440. The van der Waals surface area contributed by atoms with Gasteiger partial charge in [0.05, 0.1) is 25.7 Å². The van der Waals surface area contributed by atoms with Crippen LogP contribution < -0.4 is 0 Å². The molecular weight excluding hydrogens is 745 g/mol. The van der Waals surface area contributed by atoms with E-state index in [9.17, 15) is 16.8 Å². The first kappa shape index (κ1) is 40.7. The van der Waals surface area contributed by atoms with Crippen molar-refractivity contribution in [2.45, 2.75) is 36.3 Å². The average molecular weight is 791 g/mol. The van der Waals surface area contributed by atoms with Crippen LogP contribution >= 0.6 is 0 Å². The summed E-state index contributed by atoms with van der Waals surface area (Å²) in [5, 5.41) is 0. The molecule has 6 rings (SSSR count). The molecule has 0 aromatic heterocycles. The van der Waals surface area contributed by atoms with Crippen LogP contribution in [0, 0.1) is 0 Å². The van der Waals surface area contributed by atoms with Crippen molar-refractivity contribution in [2.24, 2.45) is 0 Å². The highest BCUT2D eigenvalue weighted by Gasteiger charge is 2.40. The predicted octanol–water partition coefficient (Wildman–Crippen LogP) is 8.47. The van der Waals surface area contributed by atoms with Gasteiger partial charge in [0.2, 0.25) is 0 Å². The van der Waals surface area contributed by atoms with Crippen LogP contribution in [0.3, 0.4) is 0 Å². The van der Waals surface area contributed by atoms with E-state index in [2.05, 4.69) is 0 Å². The van der Waals surface area contributed by atoms with Gasteiger partial charge in [0.1, 0.15) is 23.4 Å². The standard InChI is InChI=1S/C46H46O8S2/c1-55(47,48)53-43(35-51-45(37-21-9-3-10-22-37,38-23-11-4-12-24-38)39-25-13-5-14-26-39)33-34-44(54-56(2,49)50)36-52-46(40-27-15-6-16-28-40,41-29-17-7-18-30-41)42-31-19-8-20-32-42/h3-32,43-44H,33-36H2,1-2H3/t43-,44-/m0/s1. The Labute approximate surface area is 330 Å². The molecule has 0 aliphatic rings. The lowest BCUT2D eigenvalue weighted by Crippen LogP contribution is -2.38. The van der Waals surface area contributed by atoms with Crippen molar-refractivity contribution in [3.8, 4) is 0 Å². The van der Waals surface area contributed by atoms with Gasteiger partial charge in [-0.1, -0.05) is 182 Å². The lowest BCUT2D eigenvalue weighted by Gasteiger charge is -2.37. The van der Waals surface area contributed by atoms with E-state index in [1.54, 1.807) is 0 Å². The number of hydrogen-bond donors (Lipinski definition) is 0. The molecule has 0 fully saturated rings. The third-order valence-corrected chi connectivity index (χ3v) is 10.7. The van der Waals surface area contributed by atoms with E-state index in [4.69, 9.17) is 17.8 Å².